The van der Waals surface area contributed by atoms with E-state index in [1.165, 1.54) is 0 Å². The number of benzene rings is 2. The molecule has 0 saturated heterocycles. The molecule has 0 fully saturated rings. The number of nitrogens with one attached hydrogen (secondary N) is 1. The fraction of sp³-hybridized carbons (Fsp3) is 0. The number of H-pyrrole nitrogens is 1. The van der Waals surface area contributed by atoms with E-state index >= 15 is 0 Å². The molecule has 2 aromatic carbocycles. The number of phenols is 1. The molecule has 0 aliphatic rings. The highest BCUT2D eigenvalue weighted by atomic mass is 16.3. The van der Waals surface area contributed by atoms with Crippen LogP contribution < -0.4 is 0 Å². The monoisotopic (exact) mass is 234 g/mol. The summed E-state index contributed by atoms with van der Waals surface area (Å²) < 4.78 is 0. The molecule has 0 aliphatic carbocycles. The summed E-state index contributed by atoms with van der Waals surface area (Å²) in [6.07, 6.45) is 0. The number of para-hydroxylation sites is 2. The SMILES string of the molecule is Oc1cccc2c1[nH]c1cc3ccccc3nc12. The minimum atomic E-state index is 0.259. The van der Waals surface area contributed by atoms with Crippen molar-refractivity contribution in [1.29, 1.82) is 0 Å². The van der Waals surface area contributed by atoms with Gasteiger partial charge in [-0.15, -0.1) is 0 Å². The Morgan fingerprint density at radius 1 is 1.00 bits per heavy atom. The van der Waals surface area contributed by atoms with Crippen molar-refractivity contribution in [2.45, 2.75) is 0 Å². The van der Waals surface area contributed by atoms with Gasteiger partial charge in [0.2, 0.25) is 0 Å². The predicted molar refractivity (Wildman–Crippen MR) is 72.8 cm³/mol. The number of fused-ring (bicyclic) bond motifs is 4. The summed E-state index contributed by atoms with van der Waals surface area (Å²) in [6, 6.07) is 15.6. The Labute approximate surface area is 103 Å². The van der Waals surface area contributed by atoms with Crippen molar-refractivity contribution in [3.05, 3.63) is 48.5 Å². The first kappa shape index (κ1) is 9.48. The van der Waals surface area contributed by atoms with E-state index in [1.807, 2.05) is 36.4 Å². The molecule has 2 N–H and O–H groups in total. The van der Waals surface area contributed by atoms with Crippen LogP contribution in [0.4, 0.5) is 0 Å². The Balaban J connectivity index is 2.27. The van der Waals surface area contributed by atoms with Crippen LogP contribution in [0.5, 0.6) is 5.75 Å². The van der Waals surface area contributed by atoms with Gasteiger partial charge in [-0.05, 0) is 18.2 Å². The van der Waals surface area contributed by atoms with Gasteiger partial charge in [-0.1, -0.05) is 30.3 Å². The van der Waals surface area contributed by atoms with Gasteiger partial charge in [0.15, 0.2) is 0 Å². The number of aromatic nitrogens is 2. The average molecular weight is 234 g/mol. The van der Waals surface area contributed by atoms with Gasteiger partial charge >= 0.3 is 0 Å². The van der Waals surface area contributed by atoms with Gasteiger partial charge in [-0.25, -0.2) is 4.98 Å². The molecule has 3 heteroatoms. The third-order valence-electron chi connectivity index (χ3n) is 3.28. The molecule has 0 amide bonds. The molecule has 2 aromatic heterocycles. The Bertz CT molecular complexity index is 893. The first-order valence-corrected chi connectivity index (χ1v) is 5.82. The van der Waals surface area contributed by atoms with Crippen LogP contribution in [0.25, 0.3) is 32.8 Å². The van der Waals surface area contributed by atoms with Crippen LogP contribution in [0, 0.1) is 0 Å². The zero-order valence-electron chi connectivity index (χ0n) is 9.51. The lowest BCUT2D eigenvalue weighted by Crippen LogP contribution is -1.79. The van der Waals surface area contributed by atoms with Crippen LogP contribution in [0.15, 0.2) is 48.5 Å². The highest BCUT2D eigenvalue weighted by Crippen LogP contribution is 2.31. The molecule has 4 rings (SSSR count). The molecular formula is C15H10N2O. The van der Waals surface area contributed by atoms with Crippen LogP contribution in [-0.4, -0.2) is 15.1 Å². The molecule has 0 radical (unpaired) electrons. The number of nitrogens with zero attached hydrogens (tertiary/aromatic N) is 1. The normalized spacial score (nSPS) is 11.6. The smallest absolute Gasteiger partial charge is 0.139 e. The van der Waals surface area contributed by atoms with E-state index in [0.29, 0.717) is 0 Å². The van der Waals surface area contributed by atoms with Crippen LogP contribution in [0.3, 0.4) is 0 Å². The van der Waals surface area contributed by atoms with Gasteiger partial charge in [0, 0.05) is 10.8 Å². The lowest BCUT2D eigenvalue weighted by Gasteiger charge is -1.97. The molecule has 0 bridgehead atoms. The summed E-state index contributed by atoms with van der Waals surface area (Å²) >= 11 is 0. The molecule has 18 heavy (non-hydrogen) atoms. The topological polar surface area (TPSA) is 48.9 Å². The summed E-state index contributed by atoms with van der Waals surface area (Å²) in [7, 11) is 0. The number of hydrogen-bond acceptors (Lipinski definition) is 2. The molecule has 86 valence electrons. The quantitative estimate of drug-likeness (QED) is 0.488. The lowest BCUT2D eigenvalue weighted by molar-refractivity contribution is 0.480. The standard InChI is InChI=1S/C15H10N2O/c18-13-7-3-5-10-14-12(17-15(10)13)8-9-4-1-2-6-11(9)16-14/h1-8,17-18H. The number of aromatic amines is 1. The van der Waals surface area contributed by atoms with Crippen molar-refractivity contribution in [1.82, 2.24) is 9.97 Å². The summed E-state index contributed by atoms with van der Waals surface area (Å²) in [5, 5.41) is 11.9. The Hall–Kier alpha value is -2.55. The Morgan fingerprint density at radius 3 is 2.83 bits per heavy atom. The van der Waals surface area contributed by atoms with Gasteiger partial charge in [-0.3, -0.25) is 0 Å². The van der Waals surface area contributed by atoms with E-state index in [4.69, 9.17) is 0 Å². The average Bonchev–Trinajstić information content (AvgIpc) is 2.76. The minimum Gasteiger partial charge on any atom is -0.506 e. The van der Waals surface area contributed by atoms with Crippen molar-refractivity contribution in [3.63, 3.8) is 0 Å². The highest BCUT2D eigenvalue weighted by molar-refractivity contribution is 6.09. The molecule has 0 saturated carbocycles. The van der Waals surface area contributed by atoms with Crippen molar-refractivity contribution >= 4 is 32.8 Å². The van der Waals surface area contributed by atoms with Gasteiger partial charge in [0.05, 0.1) is 22.1 Å². The summed E-state index contributed by atoms with van der Waals surface area (Å²) in [5.74, 6) is 0.259. The van der Waals surface area contributed by atoms with Gasteiger partial charge in [0.25, 0.3) is 0 Å². The highest BCUT2D eigenvalue weighted by Gasteiger charge is 2.09. The molecule has 0 atom stereocenters. The molecule has 4 aromatic rings. The Kier molecular flexibility index (Phi) is 1.70. The van der Waals surface area contributed by atoms with Gasteiger partial charge < -0.3 is 10.1 Å². The third kappa shape index (κ3) is 1.16. The number of aromatic hydroxyl groups is 1. The van der Waals surface area contributed by atoms with Crippen molar-refractivity contribution in [2.24, 2.45) is 0 Å². The first-order valence-electron chi connectivity index (χ1n) is 5.82. The van der Waals surface area contributed by atoms with Crippen molar-refractivity contribution in [2.75, 3.05) is 0 Å². The van der Waals surface area contributed by atoms with Crippen LogP contribution >= 0.6 is 0 Å². The van der Waals surface area contributed by atoms with Crippen molar-refractivity contribution in [3.8, 4) is 5.75 Å². The van der Waals surface area contributed by atoms with Crippen LogP contribution in [0.1, 0.15) is 0 Å². The van der Waals surface area contributed by atoms with E-state index < -0.39 is 0 Å². The van der Waals surface area contributed by atoms with Crippen LogP contribution in [-0.2, 0) is 0 Å². The molecule has 0 spiro atoms. The molecule has 0 aliphatic heterocycles. The fourth-order valence-corrected chi connectivity index (χ4v) is 2.42. The maximum absolute atomic E-state index is 9.85. The van der Waals surface area contributed by atoms with E-state index in [9.17, 15) is 5.11 Å². The predicted octanol–water partition coefficient (Wildman–Crippen LogP) is 3.57. The number of hydrogen-bond donors (Lipinski definition) is 2. The van der Waals surface area contributed by atoms with Crippen molar-refractivity contribution < 1.29 is 5.11 Å². The largest absolute Gasteiger partial charge is 0.506 e. The third-order valence-corrected chi connectivity index (χ3v) is 3.28. The summed E-state index contributed by atoms with van der Waals surface area (Å²) in [4.78, 5) is 7.89. The van der Waals surface area contributed by atoms with E-state index in [-0.39, 0.29) is 5.75 Å². The maximum Gasteiger partial charge on any atom is 0.139 e. The van der Waals surface area contributed by atoms with Gasteiger partial charge in [-0.2, -0.15) is 0 Å². The fourth-order valence-electron chi connectivity index (χ4n) is 2.42. The van der Waals surface area contributed by atoms with E-state index in [0.717, 1.165) is 32.8 Å². The molecule has 3 nitrogen and oxygen atoms in total. The van der Waals surface area contributed by atoms with Gasteiger partial charge in [0.1, 0.15) is 5.75 Å². The van der Waals surface area contributed by atoms with E-state index in [1.54, 1.807) is 6.07 Å². The summed E-state index contributed by atoms with van der Waals surface area (Å²) in [5.41, 5.74) is 3.56. The second-order valence-corrected chi connectivity index (χ2v) is 4.40. The first-order chi connectivity index (χ1) is 8.83. The molecule has 0 unspecified atom stereocenters. The summed E-state index contributed by atoms with van der Waals surface area (Å²) in [6.45, 7) is 0. The van der Waals surface area contributed by atoms with E-state index in [2.05, 4.69) is 16.0 Å². The minimum absolute atomic E-state index is 0.259. The zero-order chi connectivity index (χ0) is 12.1. The second-order valence-electron chi connectivity index (χ2n) is 4.40. The zero-order valence-corrected chi connectivity index (χ0v) is 9.51. The molecule has 2 heterocycles. The number of pyridine rings is 1. The number of phenolic OH excluding ortho intramolecular Hbond substituents is 1. The van der Waals surface area contributed by atoms with Crippen LogP contribution in [0.2, 0.25) is 0 Å². The molecular weight excluding hydrogens is 224 g/mol. The maximum atomic E-state index is 9.85. The number of rotatable bonds is 0. The lowest BCUT2D eigenvalue weighted by atomic mass is 10.2. The second kappa shape index (κ2) is 3.23. The Morgan fingerprint density at radius 2 is 1.89 bits per heavy atom.